The Morgan fingerprint density at radius 2 is 1.93 bits per heavy atom. The van der Waals surface area contributed by atoms with Gasteiger partial charge in [0.2, 0.25) is 0 Å². The Hall–Kier alpha value is -2.44. The summed E-state index contributed by atoms with van der Waals surface area (Å²) in [5, 5.41) is 8.44. The number of nitrogens with one attached hydrogen (secondary N) is 1. The molecule has 1 N–H and O–H groups in total. The second kappa shape index (κ2) is 8.06. The number of benzene rings is 1. The first-order valence-corrected chi connectivity index (χ1v) is 9.75. The first kappa shape index (κ1) is 17.9. The Morgan fingerprint density at radius 1 is 1.15 bits per heavy atom. The predicted octanol–water partition coefficient (Wildman–Crippen LogP) is 3.01. The summed E-state index contributed by atoms with van der Waals surface area (Å²) in [5.41, 5.74) is 5.30. The number of nitrogens with zero attached hydrogens (tertiary/aromatic N) is 4. The van der Waals surface area contributed by atoms with Crippen molar-refractivity contribution in [1.82, 2.24) is 19.5 Å². The molecular formula is C21H27N5O. The fourth-order valence-electron chi connectivity index (χ4n) is 3.62. The summed E-state index contributed by atoms with van der Waals surface area (Å²) < 4.78 is 7.39. The van der Waals surface area contributed by atoms with Crippen LogP contribution in [0.4, 0.5) is 5.82 Å². The van der Waals surface area contributed by atoms with Crippen LogP contribution in [0.15, 0.2) is 36.4 Å². The summed E-state index contributed by atoms with van der Waals surface area (Å²) in [7, 11) is 0. The van der Waals surface area contributed by atoms with Gasteiger partial charge in [-0.05, 0) is 18.9 Å². The SMILES string of the molecule is CCc1nn2c(NCCN3CCOCC3)cc(C)nc2c1-c1ccccc1. The second-order valence-electron chi connectivity index (χ2n) is 6.94. The molecule has 6 nitrogen and oxygen atoms in total. The smallest absolute Gasteiger partial charge is 0.165 e. The van der Waals surface area contributed by atoms with Gasteiger partial charge in [-0.3, -0.25) is 4.90 Å². The molecule has 0 unspecified atom stereocenters. The summed E-state index contributed by atoms with van der Waals surface area (Å²) in [6, 6.07) is 12.5. The van der Waals surface area contributed by atoms with Crippen molar-refractivity contribution in [2.45, 2.75) is 20.3 Å². The van der Waals surface area contributed by atoms with Crippen LogP contribution < -0.4 is 5.32 Å². The Labute approximate surface area is 160 Å². The molecule has 142 valence electrons. The third-order valence-electron chi connectivity index (χ3n) is 5.02. The molecule has 0 aliphatic carbocycles. The highest BCUT2D eigenvalue weighted by atomic mass is 16.5. The van der Waals surface area contributed by atoms with Crippen LogP contribution in [0.25, 0.3) is 16.8 Å². The molecule has 1 aromatic carbocycles. The molecule has 1 aliphatic rings. The Morgan fingerprint density at radius 3 is 2.67 bits per heavy atom. The van der Waals surface area contributed by atoms with Crippen LogP contribution in [0.2, 0.25) is 0 Å². The van der Waals surface area contributed by atoms with Crippen molar-refractivity contribution in [1.29, 1.82) is 0 Å². The molecule has 3 aromatic rings. The van der Waals surface area contributed by atoms with E-state index in [1.54, 1.807) is 0 Å². The van der Waals surface area contributed by atoms with Crippen LogP contribution in [0.1, 0.15) is 18.3 Å². The van der Waals surface area contributed by atoms with Gasteiger partial charge in [0.15, 0.2) is 5.65 Å². The van der Waals surface area contributed by atoms with E-state index in [4.69, 9.17) is 14.8 Å². The fraction of sp³-hybridized carbons (Fsp3) is 0.429. The molecule has 0 amide bonds. The summed E-state index contributed by atoms with van der Waals surface area (Å²) >= 11 is 0. The number of aryl methyl sites for hydroxylation is 2. The molecule has 1 aliphatic heterocycles. The van der Waals surface area contributed by atoms with Gasteiger partial charge in [-0.1, -0.05) is 37.3 Å². The molecule has 0 bridgehead atoms. The molecule has 2 aromatic heterocycles. The van der Waals surface area contributed by atoms with Gasteiger partial charge in [0.25, 0.3) is 0 Å². The van der Waals surface area contributed by atoms with Crippen LogP contribution in [0.5, 0.6) is 0 Å². The average Bonchev–Trinajstić information content (AvgIpc) is 3.08. The van der Waals surface area contributed by atoms with E-state index in [9.17, 15) is 0 Å². The van der Waals surface area contributed by atoms with Crippen LogP contribution >= 0.6 is 0 Å². The lowest BCUT2D eigenvalue weighted by molar-refractivity contribution is 0.0398. The molecule has 0 radical (unpaired) electrons. The second-order valence-corrected chi connectivity index (χ2v) is 6.94. The summed E-state index contributed by atoms with van der Waals surface area (Å²) in [6.45, 7) is 9.74. The maximum Gasteiger partial charge on any atom is 0.165 e. The number of ether oxygens (including phenoxy) is 1. The van der Waals surface area contributed by atoms with Crippen molar-refractivity contribution in [3.8, 4) is 11.1 Å². The first-order valence-electron chi connectivity index (χ1n) is 9.75. The van der Waals surface area contributed by atoms with E-state index in [1.807, 2.05) is 17.5 Å². The van der Waals surface area contributed by atoms with Crippen LogP contribution in [0, 0.1) is 6.92 Å². The van der Waals surface area contributed by atoms with Gasteiger partial charge in [-0.25, -0.2) is 4.98 Å². The van der Waals surface area contributed by atoms with E-state index in [-0.39, 0.29) is 0 Å². The van der Waals surface area contributed by atoms with Crippen molar-refractivity contribution in [2.24, 2.45) is 0 Å². The first-order chi connectivity index (χ1) is 13.3. The molecular weight excluding hydrogens is 338 g/mol. The molecule has 0 atom stereocenters. The summed E-state index contributed by atoms with van der Waals surface area (Å²) in [4.78, 5) is 7.24. The third kappa shape index (κ3) is 3.82. The lowest BCUT2D eigenvalue weighted by atomic mass is 10.0. The molecule has 6 heteroatoms. The highest BCUT2D eigenvalue weighted by molar-refractivity contribution is 5.81. The number of hydrogen-bond donors (Lipinski definition) is 1. The summed E-state index contributed by atoms with van der Waals surface area (Å²) in [5.74, 6) is 1.00. The quantitative estimate of drug-likeness (QED) is 0.728. The monoisotopic (exact) mass is 365 g/mol. The number of rotatable bonds is 6. The summed E-state index contributed by atoms with van der Waals surface area (Å²) in [6.07, 6.45) is 0.875. The van der Waals surface area contributed by atoms with Gasteiger partial charge in [0, 0.05) is 43.5 Å². The largest absolute Gasteiger partial charge is 0.379 e. The molecule has 27 heavy (non-hydrogen) atoms. The molecule has 1 saturated heterocycles. The van der Waals surface area contributed by atoms with Crippen molar-refractivity contribution >= 4 is 11.5 Å². The van der Waals surface area contributed by atoms with E-state index in [0.717, 1.165) is 74.2 Å². The Bertz CT molecular complexity index is 900. The minimum Gasteiger partial charge on any atom is -0.379 e. The highest BCUT2D eigenvalue weighted by Crippen LogP contribution is 2.29. The lowest BCUT2D eigenvalue weighted by Gasteiger charge is -2.26. The maximum atomic E-state index is 5.42. The van der Waals surface area contributed by atoms with E-state index >= 15 is 0 Å². The Balaban J connectivity index is 1.64. The standard InChI is InChI=1S/C21H27N5O/c1-3-18-20(17-7-5-4-6-8-17)21-23-16(2)15-19(26(21)24-18)22-9-10-25-11-13-27-14-12-25/h4-8,15,22H,3,9-14H2,1-2H3. The number of fused-ring (bicyclic) bond motifs is 1. The molecule has 1 fully saturated rings. The number of anilines is 1. The van der Waals surface area contributed by atoms with Crippen LogP contribution in [-0.2, 0) is 11.2 Å². The third-order valence-corrected chi connectivity index (χ3v) is 5.02. The lowest BCUT2D eigenvalue weighted by Crippen LogP contribution is -2.39. The zero-order chi connectivity index (χ0) is 18.6. The minimum absolute atomic E-state index is 0.831. The molecule has 3 heterocycles. The number of hydrogen-bond acceptors (Lipinski definition) is 5. The van der Waals surface area contributed by atoms with Crippen molar-refractivity contribution < 1.29 is 4.74 Å². The van der Waals surface area contributed by atoms with Gasteiger partial charge in [0.05, 0.1) is 18.9 Å². The van der Waals surface area contributed by atoms with Gasteiger partial charge in [0.1, 0.15) is 5.82 Å². The average molecular weight is 365 g/mol. The number of aromatic nitrogens is 3. The van der Waals surface area contributed by atoms with Crippen molar-refractivity contribution in [3.05, 3.63) is 47.8 Å². The zero-order valence-electron chi connectivity index (χ0n) is 16.1. The van der Waals surface area contributed by atoms with E-state index < -0.39 is 0 Å². The minimum atomic E-state index is 0.831. The number of morpholine rings is 1. The van der Waals surface area contributed by atoms with Gasteiger partial charge < -0.3 is 10.1 Å². The van der Waals surface area contributed by atoms with Crippen molar-refractivity contribution in [2.75, 3.05) is 44.7 Å². The predicted molar refractivity (Wildman–Crippen MR) is 108 cm³/mol. The molecule has 0 saturated carbocycles. The fourth-order valence-corrected chi connectivity index (χ4v) is 3.62. The Kier molecular flexibility index (Phi) is 5.36. The van der Waals surface area contributed by atoms with E-state index in [2.05, 4.69) is 47.5 Å². The van der Waals surface area contributed by atoms with Gasteiger partial charge in [-0.2, -0.15) is 9.61 Å². The van der Waals surface area contributed by atoms with Crippen LogP contribution in [0.3, 0.4) is 0 Å². The van der Waals surface area contributed by atoms with Gasteiger partial charge >= 0.3 is 0 Å². The highest BCUT2D eigenvalue weighted by Gasteiger charge is 2.17. The normalized spacial score (nSPS) is 15.3. The topological polar surface area (TPSA) is 54.7 Å². The van der Waals surface area contributed by atoms with E-state index in [0.29, 0.717) is 0 Å². The van der Waals surface area contributed by atoms with Crippen LogP contribution in [-0.4, -0.2) is 58.9 Å². The van der Waals surface area contributed by atoms with Gasteiger partial charge in [-0.15, -0.1) is 0 Å². The maximum absolute atomic E-state index is 5.42. The van der Waals surface area contributed by atoms with E-state index in [1.165, 1.54) is 5.56 Å². The zero-order valence-corrected chi connectivity index (χ0v) is 16.1. The molecule has 0 spiro atoms. The van der Waals surface area contributed by atoms with Crippen molar-refractivity contribution in [3.63, 3.8) is 0 Å². The molecule has 4 rings (SSSR count).